The lowest BCUT2D eigenvalue weighted by Crippen LogP contribution is -2.41. The van der Waals surface area contributed by atoms with Crippen LogP contribution in [-0.2, 0) is 11.8 Å². The van der Waals surface area contributed by atoms with Crippen LogP contribution in [0.5, 0.6) is 5.75 Å². The van der Waals surface area contributed by atoms with Crippen LogP contribution < -0.4 is 20.9 Å². The average molecular weight is 439 g/mol. The zero-order valence-electron chi connectivity index (χ0n) is 17.9. The van der Waals surface area contributed by atoms with Crippen molar-refractivity contribution >= 4 is 5.95 Å². The number of pyridine rings is 1. The van der Waals surface area contributed by atoms with E-state index in [1.807, 2.05) is 29.2 Å². The van der Waals surface area contributed by atoms with Crippen molar-refractivity contribution < 1.29 is 13.9 Å². The maximum absolute atomic E-state index is 14.3. The average Bonchev–Trinajstić information content (AvgIpc) is 2.82. The van der Waals surface area contributed by atoms with Gasteiger partial charge in [-0.3, -0.25) is 14.3 Å². The Balaban J connectivity index is 1.63. The van der Waals surface area contributed by atoms with Crippen LogP contribution in [0.2, 0.25) is 0 Å². The fourth-order valence-electron chi connectivity index (χ4n) is 3.69. The van der Waals surface area contributed by atoms with Crippen LogP contribution in [-0.4, -0.2) is 47.4 Å². The van der Waals surface area contributed by atoms with E-state index >= 15 is 0 Å². The van der Waals surface area contributed by atoms with Crippen molar-refractivity contribution in [2.75, 3.05) is 37.7 Å². The predicted molar refractivity (Wildman–Crippen MR) is 119 cm³/mol. The number of hydrogen-bond donors (Lipinski definition) is 1. The first-order chi connectivity index (χ1) is 15.6. The maximum Gasteiger partial charge on any atom is 0.255 e. The topological polar surface area (TPSA) is 95.5 Å². The second-order valence-corrected chi connectivity index (χ2v) is 7.53. The molecule has 0 amide bonds. The number of hydrogen-bond acceptors (Lipinski definition) is 7. The number of rotatable bonds is 7. The first-order valence-electron chi connectivity index (χ1n) is 10.5. The number of nitrogens with zero attached hydrogens (tertiary/aromatic N) is 4. The van der Waals surface area contributed by atoms with Crippen LogP contribution in [0.4, 0.5) is 10.3 Å². The Bertz CT molecular complexity index is 1140. The Morgan fingerprint density at radius 1 is 1.31 bits per heavy atom. The molecule has 1 aliphatic heterocycles. The first kappa shape index (κ1) is 21.9. The van der Waals surface area contributed by atoms with Crippen LogP contribution in [0.1, 0.15) is 18.1 Å². The van der Waals surface area contributed by atoms with Crippen molar-refractivity contribution in [1.29, 1.82) is 0 Å². The van der Waals surface area contributed by atoms with Gasteiger partial charge in [0, 0.05) is 37.0 Å². The molecule has 1 aliphatic rings. The van der Waals surface area contributed by atoms with E-state index in [-0.39, 0.29) is 22.9 Å². The molecule has 9 heteroatoms. The number of nitrogens with two attached hydrogens (primary N) is 1. The molecular formula is C23H26FN5O3. The maximum atomic E-state index is 14.3. The second-order valence-electron chi connectivity index (χ2n) is 7.53. The lowest BCUT2D eigenvalue weighted by atomic mass is 10.1. The summed E-state index contributed by atoms with van der Waals surface area (Å²) in [6.07, 6.45) is 3.08. The molecule has 2 aromatic heterocycles. The van der Waals surface area contributed by atoms with Crippen molar-refractivity contribution in [3.05, 3.63) is 70.5 Å². The van der Waals surface area contributed by atoms with Gasteiger partial charge in [0.15, 0.2) is 5.82 Å². The summed E-state index contributed by atoms with van der Waals surface area (Å²) in [7, 11) is 1.66. The molecule has 0 aliphatic carbocycles. The summed E-state index contributed by atoms with van der Waals surface area (Å²) in [5.74, 6) is 0.684. The summed E-state index contributed by atoms with van der Waals surface area (Å²) in [4.78, 5) is 23.0. The van der Waals surface area contributed by atoms with Crippen LogP contribution in [0.3, 0.4) is 0 Å². The van der Waals surface area contributed by atoms with Crippen molar-refractivity contribution in [2.45, 2.75) is 12.5 Å². The summed E-state index contributed by atoms with van der Waals surface area (Å²) in [6, 6.07) is 10.6. The van der Waals surface area contributed by atoms with Crippen LogP contribution in [0.25, 0.3) is 11.3 Å². The molecule has 4 rings (SSSR count). The third-order valence-electron chi connectivity index (χ3n) is 5.38. The number of aromatic nitrogens is 3. The minimum Gasteiger partial charge on any atom is -0.493 e. The van der Waals surface area contributed by atoms with Gasteiger partial charge in [-0.2, -0.15) is 0 Å². The Kier molecular flexibility index (Phi) is 6.77. The SMILES string of the molecule is Cn1c(N2CCOC(c3ccccc3OCCCN)C2)nc(-c2ccncc2F)cc1=O. The molecule has 3 aromatic rings. The second kappa shape index (κ2) is 9.88. The van der Waals surface area contributed by atoms with Crippen molar-refractivity contribution in [3.8, 4) is 17.0 Å². The monoisotopic (exact) mass is 439 g/mol. The van der Waals surface area contributed by atoms with E-state index in [1.165, 1.54) is 22.9 Å². The summed E-state index contributed by atoms with van der Waals surface area (Å²) in [6.45, 7) is 2.56. The van der Waals surface area contributed by atoms with E-state index in [0.29, 0.717) is 38.8 Å². The molecule has 0 saturated carbocycles. The fraction of sp³-hybridized carbons (Fsp3) is 0.348. The third kappa shape index (κ3) is 4.63. The van der Waals surface area contributed by atoms with Crippen LogP contribution in [0, 0.1) is 5.82 Å². The number of para-hydroxylation sites is 1. The molecule has 0 spiro atoms. The zero-order valence-corrected chi connectivity index (χ0v) is 17.9. The summed E-state index contributed by atoms with van der Waals surface area (Å²) in [5, 5.41) is 0. The minimum atomic E-state index is -0.525. The zero-order chi connectivity index (χ0) is 22.5. The van der Waals surface area contributed by atoms with Crippen molar-refractivity contribution in [2.24, 2.45) is 12.8 Å². The molecule has 1 saturated heterocycles. The molecule has 168 valence electrons. The third-order valence-corrected chi connectivity index (χ3v) is 5.38. The number of anilines is 1. The van der Waals surface area contributed by atoms with Crippen molar-refractivity contribution in [3.63, 3.8) is 0 Å². The minimum absolute atomic E-state index is 0.238. The molecule has 2 N–H and O–H groups in total. The Hall–Kier alpha value is -3.30. The predicted octanol–water partition coefficient (Wildman–Crippen LogP) is 2.29. The number of morpholine rings is 1. The van der Waals surface area contributed by atoms with Gasteiger partial charge in [0.25, 0.3) is 5.56 Å². The molecule has 1 fully saturated rings. The number of ether oxygens (including phenoxy) is 2. The van der Waals surface area contributed by atoms with Crippen LogP contribution >= 0.6 is 0 Å². The van der Waals surface area contributed by atoms with Gasteiger partial charge in [0.1, 0.15) is 11.9 Å². The smallest absolute Gasteiger partial charge is 0.255 e. The molecule has 3 heterocycles. The molecular weight excluding hydrogens is 413 g/mol. The lowest BCUT2D eigenvalue weighted by molar-refractivity contribution is 0.0370. The largest absolute Gasteiger partial charge is 0.493 e. The van der Waals surface area contributed by atoms with Gasteiger partial charge in [-0.1, -0.05) is 18.2 Å². The highest BCUT2D eigenvalue weighted by Crippen LogP contribution is 2.32. The highest BCUT2D eigenvalue weighted by Gasteiger charge is 2.27. The van der Waals surface area contributed by atoms with E-state index in [1.54, 1.807) is 7.05 Å². The van der Waals surface area contributed by atoms with E-state index in [4.69, 9.17) is 15.2 Å². The summed E-state index contributed by atoms with van der Waals surface area (Å²) < 4.78 is 27.7. The Morgan fingerprint density at radius 2 is 2.16 bits per heavy atom. The van der Waals surface area contributed by atoms with Gasteiger partial charge in [-0.05, 0) is 25.1 Å². The molecule has 8 nitrogen and oxygen atoms in total. The molecule has 0 bridgehead atoms. The first-order valence-corrected chi connectivity index (χ1v) is 10.5. The van der Waals surface area contributed by atoms with Gasteiger partial charge in [-0.15, -0.1) is 0 Å². The molecule has 32 heavy (non-hydrogen) atoms. The van der Waals surface area contributed by atoms with Crippen molar-refractivity contribution in [1.82, 2.24) is 14.5 Å². The fourth-order valence-corrected chi connectivity index (χ4v) is 3.69. The van der Waals surface area contributed by atoms with Gasteiger partial charge in [0.05, 0.1) is 31.6 Å². The van der Waals surface area contributed by atoms with Gasteiger partial charge in [-0.25, -0.2) is 9.37 Å². The number of benzene rings is 1. The Labute approximate surface area is 185 Å². The highest BCUT2D eigenvalue weighted by molar-refractivity contribution is 5.60. The van der Waals surface area contributed by atoms with Gasteiger partial charge >= 0.3 is 0 Å². The van der Waals surface area contributed by atoms with Gasteiger partial charge in [0.2, 0.25) is 5.95 Å². The quantitative estimate of drug-likeness (QED) is 0.565. The normalized spacial score (nSPS) is 16.2. The lowest BCUT2D eigenvalue weighted by Gasteiger charge is -2.35. The Morgan fingerprint density at radius 3 is 2.97 bits per heavy atom. The summed E-state index contributed by atoms with van der Waals surface area (Å²) in [5.41, 5.74) is 6.74. The number of halogens is 1. The van der Waals surface area contributed by atoms with E-state index in [2.05, 4.69) is 9.97 Å². The molecule has 1 unspecified atom stereocenters. The highest BCUT2D eigenvalue weighted by atomic mass is 19.1. The molecule has 1 aromatic carbocycles. The van der Waals surface area contributed by atoms with E-state index in [0.717, 1.165) is 23.9 Å². The van der Waals surface area contributed by atoms with Gasteiger partial charge < -0.3 is 20.1 Å². The van der Waals surface area contributed by atoms with E-state index < -0.39 is 5.82 Å². The molecule has 1 atom stereocenters. The standard InChI is InChI=1S/C23H26FN5O3/c1-28-22(30)13-19(16-7-9-26-14-18(16)24)27-23(28)29-10-12-32-21(15-29)17-5-2-3-6-20(17)31-11-4-8-25/h2-3,5-7,9,13-14,21H,4,8,10-12,15,25H2,1H3. The summed E-state index contributed by atoms with van der Waals surface area (Å²) >= 11 is 0. The molecule has 0 radical (unpaired) electrons. The van der Waals surface area contributed by atoms with E-state index in [9.17, 15) is 9.18 Å². The van der Waals surface area contributed by atoms with Crippen LogP contribution in [0.15, 0.2) is 53.6 Å².